The summed E-state index contributed by atoms with van der Waals surface area (Å²) in [6.07, 6.45) is 0. The van der Waals surface area contributed by atoms with Crippen molar-refractivity contribution in [2.75, 3.05) is 4.90 Å². The fraction of sp³-hybridized carbons (Fsp3) is 0.0204. The number of hydrogen-bond acceptors (Lipinski definition) is 2. The van der Waals surface area contributed by atoms with E-state index in [4.69, 9.17) is 0 Å². The second kappa shape index (κ2) is 12.0. The number of hydrogen-bond donors (Lipinski definition) is 0. The van der Waals surface area contributed by atoms with Gasteiger partial charge in [-0.25, -0.2) is 0 Å². The molecule has 0 N–H and O–H groups in total. The van der Waals surface area contributed by atoms with Crippen molar-refractivity contribution in [3.63, 3.8) is 0 Å². The van der Waals surface area contributed by atoms with E-state index in [9.17, 15) is 0 Å². The molecule has 2 heteroatoms. The molecule has 1 aromatic heterocycles. The molecular weight excluding hydrogens is 635 g/mol. The first-order valence-electron chi connectivity index (χ1n) is 17.5. The topological polar surface area (TPSA) is 3.24 Å². The first kappa shape index (κ1) is 29.7. The predicted octanol–water partition coefficient (Wildman–Crippen LogP) is 13.6. The third-order valence-corrected chi connectivity index (χ3v) is 11.8. The lowest BCUT2D eigenvalue weighted by atomic mass is 9.67. The summed E-state index contributed by atoms with van der Waals surface area (Å²) < 4.78 is 2.59. The molecular formula is C49H33NS. The third-order valence-electron chi connectivity index (χ3n) is 10.6. The lowest BCUT2D eigenvalue weighted by Gasteiger charge is -2.35. The Labute approximate surface area is 302 Å². The molecule has 51 heavy (non-hydrogen) atoms. The number of rotatable bonds is 6. The van der Waals surface area contributed by atoms with Gasteiger partial charge in [0.05, 0.1) is 15.8 Å². The van der Waals surface area contributed by atoms with Crippen molar-refractivity contribution in [2.45, 2.75) is 5.41 Å². The zero-order valence-corrected chi connectivity index (χ0v) is 28.7. The van der Waals surface area contributed by atoms with Crippen molar-refractivity contribution in [3.05, 3.63) is 222 Å². The van der Waals surface area contributed by atoms with E-state index in [1.807, 2.05) is 11.3 Å². The van der Waals surface area contributed by atoms with Gasteiger partial charge >= 0.3 is 0 Å². The number of benzene rings is 8. The Morgan fingerprint density at radius 1 is 0.392 bits per heavy atom. The second-order valence-electron chi connectivity index (χ2n) is 13.3. The van der Waals surface area contributed by atoms with Crippen molar-refractivity contribution < 1.29 is 0 Å². The highest BCUT2D eigenvalue weighted by atomic mass is 32.1. The van der Waals surface area contributed by atoms with E-state index in [0.717, 1.165) is 11.4 Å². The van der Waals surface area contributed by atoms with Crippen LogP contribution in [0.2, 0.25) is 0 Å². The number of fused-ring (bicyclic) bond motifs is 6. The molecule has 0 saturated heterocycles. The van der Waals surface area contributed by atoms with Crippen LogP contribution in [-0.4, -0.2) is 0 Å². The molecule has 9 aromatic rings. The summed E-state index contributed by atoms with van der Waals surface area (Å²) in [4.78, 5) is 2.47. The average Bonchev–Trinajstić information content (AvgIpc) is 3.74. The van der Waals surface area contributed by atoms with E-state index in [-0.39, 0.29) is 0 Å². The Balaban J connectivity index is 1.25. The molecule has 0 unspecified atom stereocenters. The van der Waals surface area contributed by atoms with Crippen molar-refractivity contribution in [1.29, 1.82) is 0 Å². The molecule has 10 rings (SSSR count). The van der Waals surface area contributed by atoms with Gasteiger partial charge in [-0.1, -0.05) is 164 Å². The van der Waals surface area contributed by atoms with E-state index >= 15 is 0 Å². The van der Waals surface area contributed by atoms with Crippen LogP contribution in [0.15, 0.2) is 200 Å². The monoisotopic (exact) mass is 667 g/mol. The number of nitrogens with zero attached hydrogens (tertiary/aromatic N) is 1. The van der Waals surface area contributed by atoms with E-state index in [0.29, 0.717) is 0 Å². The summed E-state index contributed by atoms with van der Waals surface area (Å²) in [7, 11) is 0. The van der Waals surface area contributed by atoms with E-state index in [1.54, 1.807) is 0 Å². The summed E-state index contributed by atoms with van der Waals surface area (Å²) in [6, 6.07) is 73.5. The molecule has 0 spiro atoms. The molecule has 1 aliphatic carbocycles. The Morgan fingerprint density at radius 2 is 0.961 bits per heavy atom. The quantitative estimate of drug-likeness (QED) is 0.171. The van der Waals surface area contributed by atoms with Crippen molar-refractivity contribution in [3.8, 4) is 22.3 Å². The molecule has 0 fully saturated rings. The molecule has 1 heterocycles. The molecule has 0 amide bonds. The van der Waals surface area contributed by atoms with Crippen LogP contribution in [0.1, 0.15) is 22.3 Å². The maximum Gasteiger partial charge on any atom is 0.0714 e. The molecule has 8 aromatic carbocycles. The summed E-state index contributed by atoms with van der Waals surface area (Å²) in [5.41, 5.74) is 13.1. The van der Waals surface area contributed by atoms with Crippen LogP contribution in [0.3, 0.4) is 0 Å². The zero-order valence-electron chi connectivity index (χ0n) is 27.9. The Bertz CT molecular complexity index is 2640. The lowest BCUT2D eigenvalue weighted by molar-refractivity contribution is 0.768. The van der Waals surface area contributed by atoms with Gasteiger partial charge in [-0.15, -0.1) is 11.3 Å². The molecule has 0 radical (unpaired) electrons. The maximum absolute atomic E-state index is 2.47. The molecule has 0 saturated carbocycles. The molecule has 0 bridgehead atoms. The minimum absolute atomic E-state index is 0.475. The Morgan fingerprint density at radius 3 is 1.71 bits per heavy atom. The normalized spacial score (nSPS) is 12.9. The van der Waals surface area contributed by atoms with E-state index < -0.39 is 5.41 Å². The van der Waals surface area contributed by atoms with Gasteiger partial charge in [0.25, 0.3) is 0 Å². The second-order valence-corrected chi connectivity index (χ2v) is 14.3. The van der Waals surface area contributed by atoms with Crippen LogP contribution in [0, 0.1) is 0 Å². The largest absolute Gasteiger partial charge is 0.309 e. The van der Waals surface area contributed by atoms with E-state index in [2.05, 4.69) is 205 Å². The van der Waals surface area contributed by atoms with Crippen LogP contribution in [-0.2, 0) is 5.41 Å². The van der Waals surface area contributed by atoms with E-state index in [1.165, 1.54) is 70.4 Å². The lowest BCUT2D eigenvalue weighted by Crippen LogP contribution is -2.28. The van der Waals surface area contributed by atoms with Crippen molar-refractivity contribution >= 4 is 48.6 Å². The number of anilines is 3. The highest BCUT2D eigenvalue weighted by Crippen LogP contribution is 2.57. The van der Waals surface area contributed by atoms with Gasteiger partial charge in [0, 0.05) is 26.8 Å². The predicted molar refractivity (Wildman–Crippen MR) is 217 cm³/mol. The van der Waals surface area contributed by atoms with Crippen molar-refractivity contribution in [1.82, 2.24) is 0 Å². The van der Waals surface area contributed by atoms with Gasteiger partial charge in [0.15, 0.2) is 0 Å². The Hall–Kier alpha value is -6.22. The van der Waals surface area contributed by atoms with Crippen LogP contribution in [0.5, 0.6) is 0 Å². The van der Waals surface area contributed by atoms with Crippen LogP contribution in [0.4, 0.5) is 17.1 Å². The van der Waals surface area contributed by atoms with Gasteiger partial charge in [0.1, 0.15) is 0 Å². The minimum Gasteiger partial charge on any atom is -0.309 e. The fourth-order valence-electron chi connectivity index (χ4n) is 8.34. The SMILES string of the molecule is c1ccc(-c2ccc(N(c3ccc4c(c3)C(c3ccccc3)(c3ccccc3)c3ccccc3-4)c3cccc4c3sc3ccccc34)cc2)cc1. The third kappa shape index (κ3) is 4.61. The molecule has 0 aliphatic heterocycles. The van der Waals surface area contributed by atoms with Gasteiger partial charge in [-0.05, 0) is 80.9 Å². The molecule has 1 nitrogen and oxygen atoms in total. The van der Waals surface area contributed by atoms with Gasteiger partial charge in [0.2, 0.25) is 0 Å². The zero-order chi connectivity index (χ0) is 33.8. The summed E-state index contributed by atoms with van der Waals surface area (Å²) in [5.74, 6) is 0. The fourth-order valence-corrected chi connectivity index (χ4v) is 9.55. The van der Waals surface area contributed by atoms with Crippen LogP contribution in [0.25, 0.3) is 42.4 Å². The summed E-state index contributed by atoms with van der Waals surface area (Å²) in [5, 5.41) is 2.59. The smallest absolute Gasteiger partial charge is 0.0714 e. The summed E-state index contributed by atoms with van der Waals surface area (Å²) >= 11 is 1.87. The van der Waals surface area contributed by atoms with Crippen LogP contribution >= 0.6 is 11.3 Å². The average molecular weight is 668 g/mol. The minimum atomic E-state index is -0.475. The van der Waals surface area contributed by atoms with Gasteiger partial charge in [-0.3, -0.25) is 0 Å². The van der Waals surface area contributed by atoms with Gasteiger partial charge < -0.3 is 4.90 Å². The summed E-state index contributed by atoms with van der Waals surface area (Å²) in [6.45, 7) is 0. The first-order chi connectivity index (χ1) is 25.3. The molecule has 0 atom stereocenters. The molecule has 1 aliphatic rings. The first-order valence-corrected chi connectivity index (χ1v) is 18.3. The Kier molecular flexibility index (Phi) is 6.97. The highest BCUT2D eigenvalue weighted by molar-refractivity contribution is 7.26. The number of thiophene rings is 1. The van der Waals surface area contributed by atoms with Gasteiger partial charge in [-0.2, -0.15) is 0 Å². The highest BCUT2D eigenvalue weighted by Gasteiger charge is 2.46. The maximum atomic E-state index is 2.47. The van der Waals surface area contributed by atoms with Crippen LogP contribution < -0.4 is 4.90 Å². The molecule has 240 valence electrons. The standard InChI is InChI=1S/C49H33NS/c1-4-15-34(16-5-1)35-27-29-38(30-28-35)50(46-25-14-23-43-42-22-11-13-26-47(42)51-48(43)46)39-31-32-41-40-21-10-12-24-44(40)49(45(41)33-39,36-17-6-2-7-18-36)37-19-8-3-9-20-37/h1-33H. The van der Waals surface area contributed by atoms with Crippen molar-refractivity contribution in [2.24, 2.45) is 0 Å².